The van der Waals surface area contributed by atoms with Crippen molar-refractivity contribution < 1.29 is 19.4 Å². The Kier molecular flexibility index (Phi) is 5.60. The van der Waals surface area contributed by atoms with Crippen molar-refractivity contribution in [3.05, 3.63) is 30.3 Å². The molecule has 1 aromatic carbocycles. The van der Waals surface area contributed by atoms with Crippen molar-refractivity contribution in [2.75, 3.05) is 13.2 Å². The fourth-order valence-electron chi connectivity index (χ4n) is 2.65. The summed E-state index contributed by atoms with van der Waals surface area (Å²) in [6.45, 7) is 1.17. The van der Waals surface area contributed by atoms with Gasteiger partial charge in [0.25, 0.3) is 0 Å². The van der Waals surface area contributed by atoms with Crippen molar-refractivity contribution >= 4 is 11.9 Å². The van der Waals surface area contributed by atoms with E-state index in [1.165, 1.54) is 0 Å². The molecule has 1 aromatic rings. The maximum absolute atomic E-state index is 12.1. The van der Waals surface area contributed by atoms with Crippen molar-refractivity contribution in [1.29, 1.82) is 0 Å². The number of ether oxygens (including phenoxy) is 1. The van der Waals surface area contributed by atoms with Crippen LogP contribution in [0.15, 0.2) is 30.3 Å². The van der Waals surface area contributed by atoms with Crippen LogP contribution < -0.4 is 4.74 Å². The lowest BCUT2D eigenvalue weighted by atomic mass is 10.1. The van der Waals surface area contributed by atoms with E-state index in [9.17, 15) is 9.59 Å². The number of carboxylic acid groups (broad SMARTS) is 1. The average molecular weight is 291 g/mol. The highest BCUT2D eigenvalue weighted by Crippen LogP contribution is 2.21. The number of aliphatic carboxylic acids is 1. The van der Waals surface area contributed by atoms with E-state index in [2.05, 4.69) is 0 Å². The van der Waals surface area contributed by atoms with Crippen molar-refractivity contribution in [3.8, 4) is 5.75 Å². The van der Waals surface area contributed by atoms with Gasteiger partial charge in [-0.05, 0) is 31.4 Å². The van der Waals surface area contributed by atoms with E-state index in [1.807, 2.05) is 30.3 Å². The lowest BCUT2D eigenvalue weighted by molar-refractivity contribution is -0.139. The van der Waals surface area contributed by atoms with Crippen LogP contribution in [-0.2, 0) is 9.59 Å². The minimum Gasteiger partial charge on any atom is -0.494 e. The predicted octanol–water partition coefficient (Wildman–Crippen LogP) is 2.31. The smallest absolute Gasteiger partial charge is 0.305 e. The first-order valence-electron chi connectivity index (χ1n) is 7.36. The zero-order valence-electron chi connectivity index (χ0n) is 12.0. The number of nitrogens with zero attached hydrogens (tertiary/aromatic N) is 1. The molecule has 1 saturated heterocycles. The largest absolute Gasteiger partial charge is 0.494 e. The summed E-state index contributed by atoms with van der Waals surface area (Å²) in [6.07, 6.45) is 2.78. The van der Waals surface area contributed by atoms with Crippen LogP contribution in [0.1, 0.15) is 32.1 Å². The predicted molar refractivity (Wildman–Crippen MR) is 78.2 cm³/mol. The molecule has 1 amide bonds. The van der Waals surface area contributed by atoms with Gasteiger partial charge >= 0.3 is 5.97 Å². The Balaban J connectivity index is 1.70. The molecule has 0 saturated carbocycles. The number of carbonyl (C=O) groups is 2. The second-order valence-electron chi connectivity index (χ2n) is 5.25. The standard InChI is InChI=1S/C16H21NO4/c18-15(17-10-4-6-13(17)12-16(19)20)9-5-11-21-14-7-2-1-3-8-14/h1-3,7-8,13H,4-6,9-12H2,(H,19,20). The fourth-order valence-corrected chi connectivity index (χ4v) is 2.65. The molecule has 114 valence electrons. The highest BCUT2D eigenvalue weighted by Gasteiger charge is 2.29. The topological polar surface area (TPSA) is 66.8 Å². The van der Waals surface area contributed by atoms with Gasteiger partial charge in [0.15, 0.2) is 0 Å². The second-order valence-corrected chi connectivity index (χ2v) is 5.25. The zero-order chi connectivity index (χ0) is 15.1. The number of carboxylic acids is 1. The molecule has 1 aliphatic heterocycles. The van der Waals surface area contributed by atoms with Gasteiger partial charge in [0.1, 0.15) is 5.75 Å². The third kappa shape index (κ3) is 4.77. The third-order valence-electron chi connectivity index (χ3n) is 3.65. The van der Waals surface area contributed by atoms with Gasteiger partial charge in [-0.1, -0.05) is 18.2 Å². The Labute approximate surface area is 124 Å². The van der Waals surface area contributed by atoms with Crippen molar-refractivity contribution in [2.45, 2.75) is 38.1 Å². The Morgan fingerprint density at radius 3 is 2.76 bits per heavy atom. The number of benzene rings is 1. The molecular weight excluding hydrogens is 270 g/mol. The summed E-state index contributed by atoms with van der Waals surface area (Å²) < 4.78 is 5.55. The number of para-hydroxylation sites is 1. The molecule has 0 aromatic heterocycles. The fraction of sp³-hybridized carbons (Fsp3) is 0.500. The molecule has 1 fully saturated rings. The molecule has 1 aliphatic rings. The van der Waals surface area contributed by atoms with E-state index >= 15 is 0 Å². The summed E-state index contributed by atoms with van der Waals surface area (Å²) in [7, 11) is 0. The molecule has 0 radical (unpaired) electrons. The summed E-state index contributed by atoms with van der Waals surface area (Å²) in [5.41, 5.74) is 0. The van der Waals surface area contributed by atoms with E-state index in [4.69, 9.17) is 9.84 Å². The van der Waals surface area contributed by atoms with Gasteiger partial charge in [-0.3, -0.25) is 9.59 Å². The Bertz CT molecular complexity index is 474. The van der Waals surface area contributed by atoms with Gasteiger partial charge < -0.3 is 14.7 Å². The summed E-state index contributed by atoms with van der Waals surface area (Å²) in [6, 6.07) is 9.36. The maximum Gasteiger partial charge on any atom is 0.305 e. The van der Waals surface area contributed by atoms with Gasteiger partial charge in [0.2, 0.25) is 5.91 Å². The molecule has 1 N–H and O–H groups in total. The van der Waals surface area contributed by atoms with E-state index in [1.54, 1.807) is 4.90 Å². The minimum absolute atomic E-state index is 0.0374. The van der Waals surface area contributed by atoms with Crippen LogP contribution in [0.25, 0.3) is 0 Å². The van der Waals surface area contributed by atoms with Gasteiger partial charge in [-0.2, -0.15) is 0 Å². The lowest BCUT2D eigenvalue weighted by Crippen LogP contribution is -2.36. The van der Waals surface area contributed by atoms with Gasteiger partial charge in [0.05, 0.1) is 13.0 Å². The molecule has 0 spiro atoms. The molecule has 1 heterocycles. The first kappa shape index (κ1) is 15.4. The lowest BCUT2D eigenvalue weighted by Gasteiger charge is -2.23. The summed E-state index contributed by atoms with van der Waals surface area (Å²) in [4.78, 5) is 24.6. The highest BCUT2D eigenvalue weighted by atomic mass is 16.5. The number of hydrogen-bond acceptors (Lipinski definition) is 3. The van der Waals surface area contributed by atoms with Crippen LogP contribution in [0.2, 0.25) is 0 Å². The molecule has 1 atom stereocenters. The van der Waals surface area contributed by atoms with Gasteiger partial charge in [-0.25, -0.2) is 0 Å². The minimum atomic E-state index is -0.841. The molecule has 21 heavy (non-hydrogen) atoms. The van der Waals surface area contributed by atoms with E-state index < -0.39 is 5.97 Å². The van der Waals surface area contributed by atoms with E-state index in [0.29, 0.717) is 26.0 Å². The van der Waals surface area contributed by atoms with Crippen LogP contribution >= 0.6 is 0 Å². The van der Waals surface area contributed by atoms with Crippen LogP contribution in [0.5, 0.6) is 5.75 Å². The Morgan fingerprint density at radius 1 is 1.29 bits per heavy atom. The summed E-state index contributed by atoms with van der Waals surface area (Å²) in [5.74, 6) is -0.00241. The molecule has 0 bridgehead atoms. The monoisotopic (exact) mass is 291 g/mol. The number of amides is 1. The van der Waals surface area contributed by atoms with Crippen molar-refractivity contribution in [1.82, 2.24) is 4.90 Å². The van der Waals surface area contributed by atoms with Crippen LogP contribution in [-0.4, -0.2) is 41.1 Å². The van der Waals surface area contributed by atoms with E-state index in [0.717, 1.165) is 18.6 Å². The van der Waals surface area contributed by atoms with Crippen LogP contribution in [0, 0.1) is 0 Å². The zero-order valence-corrected chi connectivity index (χ0v) is 12.0. The number of carbonyl (C=O) groups excluding carboxylic acids is 1. The second kappa shape index (κ2) is 7.67. The average Bonchev–Trinajstić information content (AvgIpc) is 2.92. The van der Waals surface area contributed by atoms with Crippen LogP contribution in [0.4, 0.5) is 0 Å². The third-order valence-corrected chi connectivity index (χ3v) is 3.65. The first-order valence-corrected chi connectivity index (χ1v) is 7.36. The Morgan fingerprint density at radius 2 is 2.05 bits per heavy atom. The molecule has 5 heteroatoms. The molecule has 0 aliphatic carbocycles. The number of rotatable bonds is 7. The SMILES string of the molecule is O=C(O)CC1CCCN1C(=O)CCCOc1ccccc1. The van der Waals surface area contributed by atoms with Gasteiger partial charge in [0, 0.05) is 19.0 Å². The molecule has 2 rings (SSSR count). The van der Waals surface area contributed by atoms with E-state index in [-0.39, 0.29) is 18.4 Å². The molecule has 1 unspecified atom stereocenters. The Hall–Kier alpha value is -2.04. The molecule has 5 nitrogen and oxygen atoms in total. The van der Waals surface area contributed by atoms with Crippen LogP contribution in [0.3, 0.4) is 0 Å². The normalized spacial score (nSPS) is 17.7. The number of likely N-dealkylation sites (tertiary alicyclic amines) is 1. The first-order chi connectivity index (χ1) is 10.2. The van der Waals surface area contributed by atoms with Crippen molar-refractivity contribution in [3.63, 3.8) is 0 Å². The summed E-state index contributed by atoms with van der Waals surface area (Å²) >= 11 is 0. The quantitative estimate of drug-likeness (QED) is 0.783. The maximum atomic E-state index is 12.1. The summed E-state index contributed by atoms with van der Waals surface area (Å²) in [5, 5.41) is 8.86. The van der Waals surface area contributed by atoms with Gasteiger partial charge in [-0.15, -0.1) is 0 Å². The van der Waals surface area contributed by atoms with Crippen molar-refractivity contribution in [2.24, 2.45) is 0 Å². The number of hydrogen-bond donors (Lipinski definition) is 1. The molecular formula is C16H21NO4. The highest BCUT2D eigenvalue weighted by molar-refractivity contribution is 5.78.